The summed E-state index contributed by atoms with van der Waals surface area (Å²) in [5, 5.41) is 29.1. The van der Waals surface area contributed by atoms with Crippen molar-refractivity contribution in [1.82, 2.24) is 70.2 Å². The molecule has 2 saturated carbocycles. The highest BCUT2D eigenvalue weighted by Crippen LogP contribution is 2.37. The molecule has 0 spiro atoms. The van der Waals surface area contributed by atoms with E-state index in [1.807, 2.05) is 27.7 Å². The third kappa shape index (κ3) is 10.4. The van der Waals surface area contributed by atoms with Crippen LogP contribution in [0.3, 0.4) is 0 Å². The minimum atomic E-state index is -4.05. The second-order valence-electron chi connectivity index (χ2n) is 17.8. The molecule has 0 bridgehead atoms. The molecular formula is C43H46F3N15O8S2. The molecular weight excluding hydrogens is 976 g/mol. The van der Waals surface area contributed by atoms with Crippen molar-refractivity contribution in [2.45, 2.75) is 125 Å². The number of halogens is 3. The summed E-state index contributed by atoms with van der Waals surface area (Å²) in [5.41, 5.74) is 0.371. The predicted molar refractivity (Wildman–Crippen MR) is 241 cm³/mol. The molecule has 0 atom stereocenters. The van der Waals surface area contributed by atoms with E-state index in [0.717, 1.165) is 79.1 Å². The van der Waals surface area contributed by atoms with Gasteiger partial charge in [-0.2, -0.15) is 29.3 Å². The van der Waals surface area contributed by atoms with E-state index in [0.29, 0.717) is 29.5 Å². The first-order valence-electron chi connectivity index (χ1n) is 22.5. The van der Waals surface area contributed by atoms with Crippen molar-refractivity contribution < 1.29 is 48.5 Å². The monoisotopic (exact) mass is 1020 g/mol. The Bertz CT molecular complexity index is 3460. The summed E-state index contributed by atoms with van der Waals surface area (Å²) in [6.07, 6.45) is 9.23. The molecule has 71 heavy (non-hydrogen) atoms. The topological polar surface area (TPSA) is 304 Å². The maximum absolute atomic E-state index is 14.7. The number of primary sulfonamides is 1. The van der Waals surface area contributed by atoms with E-state index in [2.05, 4.69) is 60.8 Å². The van der Waals surface area contributed by atoms with E-state index in [1.54, 1.807) is 0 Å². The van der Waals surface area contributed by atoms with E-state index in [9.17, 15) is 30.0 Å². The lowest BCUT2D eigenvalue weighted by molar-refractivity contribution is 0.135. The van der Waals surface area contributed by atoms with Gasteiger partial charge in [0.1, 0.15) is 52.8 Å². The van der Waals surface area contributed by atoms with Crippen LogP contribution in [0.2, 0.25) is 0 Å². The van der Waals surface area contributed by atoms with Crippen LogP contribution in [0.15, 0.2) is 61.8 Å². The molecule has 2 aliphatic carbocycles. The largest absolute Gasteiger partial charge is 0.473 e. The van der Waals surface area contributed by atoms with Crippen LogP contribution in [-0.4, -0.2) is 106 Å². The van der Waals surface area contributed by atoms with Gasteiger partial charge < -0.3 is 18.5 Å². The number of rotatable bonds is 12. The molecule has 23 nitrogen and oxygen atoms in total. The van der Waals surface area contributed by atoms with Gasteiger partial charge in [-0.15, -0.1) is 10.2 Å². The quantitative estimate of drug-likeness (QED) is 0.144. The highest BCUT2D eigenvalue weighted by Gasteiger charge is 2.31. The maximum Gasteiger partial charge on any atom is 0.247 e. The van der Waals surface area contributed by atoms with Crippen LogP contribution in [-0.2, 0) is 19.9 Å². The van der Waals surface area contributed by atoms with Crippen LogP contribution in [0.5, 0.6) is 11.8 Å². The predicted octanol–water partition coefficient (Wildman–Crippen LogP) is 6.11. The summed E-state index contributed by atoms with van der Waals surface area (Å²) in [4.78, 5) is 24.5. The van der Waals surface area contributed by atoms with Crippen LogP contribution in [0, 0.1) is 17.5 Å². The van der Waals surface area contributed by atoms with Crippen LogP contribution in [0.25, 0.3) is 33.7 Å². The Balaban J connectivity index is 0.000000176. The van der Waals surface area contributed by atoms with Crippen molar-refractivity contribution in [1.29, 1.82) is 0 Å². The third-order valence-corrected chi connectivity index (χ3v) is 14.1. The number of benzene rings is 2. The molecule has 10 rings (SSSR count). The molecule has 28 heteroatoms. The smallest absolute Gasteiger partial charge is 0.247 e. The Morgan fingerprint density at radius 2 is 1.10 bits per heavy atom. The normalized spacial score (nSPS) is 18.8. The summed E-state index contributed by atoms with van der Waals surface area (Å²) in [7, 11) is -8.00. The Morgan fingerprint density at radius 3 is 1.52 bits per heavy atom. The molecule has 2 fully saturated rings. The van der Waals surface area contributed by atoms with Gasteiger partial charge in [0.25, 0.3) is 0 Å². The van der Waals surface area contributed by atoms with Gasteiger partial charge in [0.05, 0.1) is 4.90 Å². The molecule has 374 valence electrons. The lowest BCUT2D eigenvalue weighted by Crippen LogP contribution is -2.24. The summed E-state index contributed by atoms with van der Waals surface area (Å²) in [6.45, 7) is 8.05. The first-order chi connectivity index (χ1) is 33.8. The first kappa shape index (κ1) is 48.9. The number of sulfonamides is 1. The molecule has 0 saturated heterocycles. The lowest BCUT2D eigenvalue weighted by atomic mass is 9.87. The van der Waals surface area contributed by atoms with E-state index >= 15 is 0 Å². The van der Waals surface area contributed by atoms with Gasteiger partial charge in [0.15, 0.2) is 49.6 Å². The van der Waals surface area contributed by atoms with Crippen LogP contribution >= 0.6 is 0 Å². The van der Waals surface area contributed by atoms with Gasteiger partial charge >= 0.3 is 0 Å². The van der Waals surface area contributed by atoms with Gasteiger partial charge in [0, 0.05) is 36.0 Å². The summed E-state index contributed by atoms with van der Waals surface area (Å²) in [5.74, 6) is 0.908. The highest BCUT2D eigenvalue weighted by atomic mass is 32.2. The molecule has 0 radical (unpaired) electrons. The minimum absolute atomic E-state index is 0.0367. The second kappa shape index (κ2) is 19.6. The van der Waals surface area contributed by atoms with Crippen molar-refractivity contribution >= 4 is 42.2 Å². The van der Waals surface area contributed by atoms with Crippen LogP contribution < -0.4 is 14.6 Å². The summed E-state index contributed by atoms with van der Waals surface area (Å²) in [6, 6.07) is 4.61. The molecule has 2 aromatic carbocycles. The number of hydrogen-bond donors (Lipinski definition) is 1. The zero-order valence-electron chi connectivity index (χ0n) is 38.7. The van der Waals surface area contributed by atoms with Crippen LogP contribution in [0.1, 0.15) is 126 Å². The highest BCUT2D eigenvalue weighted by molar-refractivity contribution is 7.90. The molecule has 6 aromatic heterocycles. The second-order valence-corrected chi connectivity index (χ2v) is 21.4. The average Bonchev–Trinajstić information content (AvgIpc) is 4.17. The first-order valence-corrected chi connectivity index (χ1v) is 25.9. The number of ether oxygens (including phenoxy) is 2. The van der Waals surface area contributed by atoms with E-state index in [-0.39, 0.29) is 86.2 Å². The van der Waals surface area contributed by atoms with E-state index in [1.165, 1.54) is 24.8 Å². The lowest BCUT2D eigenvalue weighted by Gasteiger charge is -2.26. The Morgan fingerprint density at radius 1 is 0.634 bits per heavy atom. The van der Waals surface area contributed by atoms with Crippen molar-refractivity contribution in [3.05, 3.63) is 83.9 Å². The van der Waals surface area contributed by atoms with E-state index in [4.69, 9.17) is 23.7 Å². The van der Waals surface area contributed by atoms with Crippen molar-refractivity contribution in [2.24, 2.45) is 5.14 Å². The number of fused-ring (bicyclic) bond motifs is 2. The summed E-state index contributed by atoms with van der Waals surface area (Å²) < 4.78 is 115. The SMILES string of the molecule is CC(C)c1noc(C2CCC(Oc3ncnc4c3nnn4-c3cc(F)c(S(C)(=O)=O)cc3F)CC2)n1.CC(C)c1noc(C2CCC(Oc3ncnc4c3nnn4-c3ccc(S(N)(=O)=O)cc3F)CC2)n1. The molecule has 6 heterocycles. The number of nitrogens with zero attached hydrogens (tertiary/aromatic N) is 14. The average molecular weight is 1020 g/mol. The van der Waals surface area contributed by atoms with Crippen molar-refractivity contribution in [3.63, 3.8) is 0 Å². The fourth-order valence-electron chi connectivity index (χ4n) is 8.22. The number of aromatic nitrogens is 14. The zero-order valence-corrected chi connectivity index (χ0v) is 40.4. The van der Waals surface area contributed by atoms with Gasteiger partial charge in [-0.1, -0.05) is 48.4 Å². The molecule has 8 aromatic rings. The number of sulfone groups is 1. The van der Waals surface area contributed by atoms with Gasteiger partial charge in [-0.3, -0.25) is 0 Å². The number of hydrogen-bond acceptors (Lipinski definition) is 20. The van der Waals surface area contributed by atoms with Gasteiger partial charge in [-0.05, 0) is 75.6 Å². The standard InChI is InChI=1S/C22H23F2N7O4S.C21H23FN8O4S/c1-11(2)19-27-21(35-29-19)12-4-6-13(7-5-12)34-22-18-20(25-10-26-22)31(30-28-18)16-8-15(24)17(9-14(16)23)36(3,32)33;1-11(2)18-26-20(34-28-18)12-3-5-13(6-4-12)33-21-17-19(24-10-25-21)30(29-27-17)16-8-7-14(9-15(16)22)35(23,31)32/h8-13H,4-7H2,1-3H3;7-13H,3-6H2,1-2H3,(H2,23,31,32). The Kier molecular flexibility index (Phi) is 13.5. The minimum Gasteiger partial charge on any atom is -0.473 e. The molecule has 0 unspecified atom stereocenters. The molecule has 0 aliphatic heterocycles. The van der Waals surface area contributed by atoms with Crippen molar-refractivity contribution in [2.75, 3.05) is 6.26 Å². The van der Waals surface area contributed by atoms with Gasteiger partial charge in [0.2, 0.25) is 33.6 Å². The molecule has 0 amide bonds. The van der Waals surface area contributed by atoms with Gasteiger partial charge in [-0.25, -0.2) is 45.1 Å². The number of nitrogens with two attached hydrogens (primary N) is 1. The van der Waals surface area contributed by atoms with Crippen molar-refractivity contribution in [3.8, 4) is 23.1 Å². The molecule has 2 N–H and O–H groups in total. The van der Waals surface area contributed by atoms with Crippen LogP contribution in [0.4, 0.5) is 13.2 Å². The zero-order chi connectivity index (χ0) is 50.4. The fraction of sp³-hybridized carbons (Fsp3) is 0.442. The Labute approximate surface area is 402 Å². The Hall–Kier alpha value is -7.07. The molecule has 2 aliphatic rings. The fourth-order valence-corrected chi connectivity index (χ4v) is 9.48. The maximum atomic E-state index is 14.7. The third-order valence-electron chi connectivity index (χ3n) is 12.1. The van der Waals surface area contributed by atoms with E-state index < -0.39 is 42.2 Å². The summed E-state index contributed by atoms with van der Waals surface area (Å²) >= 11 is 0.